The molecule has 6 nitrogen and oxygen atoms in total. The van der Waals surface area contributed by atoms with Gasteiger partial charge in [0.05, 0.1) is 0 Å². The first-order valence-corrected chi connectivity index (χ1v) is 7.71. The standard InChI is InChI=1S/C16H29N3O3/c1-6-7-18-8-10-19(11-9-18)14(21)16(4,5)12-15(2,3)13(20)17-22/h6,22H,1,7-12H2,2-5H3,(H,17,20). The van der Waals surface area contributed by atoms with Gasteiger partial charge in [-0.1, -0.05) is 33.8 Å². The van der Waals surface area contributed by atoms with Crippen LogP contribution in [0.3, 0.4) is 0 Å². The van der Waals surface area contributed by atoms with E-state index in [9.17, 15) is 9.59 Å². The van der Waals surface area contributed by atoms with E-state index >= 15 is 0 Å². The Bertz CT molecular complexity index is 424. The zero-order valence-electron chi connectivity index (χ0n) is 14.2. The van der Waals surface area contributed by atoms with Gasteiger partial charge in [-0.05, 0) is 6.42 Å². The number of hydrogen-bond acceptors (Lipinski definition) is 4. The number of nitrogens with zero attached hydrogens (tertiary/aromatic N) is 2. The van der Waals surface area contributed by atoms with Crippen molar-refractivity contribution in [1.82, 2.24) is 15.3 Å². The van der Waals surface area contributed by atoms with Gasteiger partial charge in [-0.3, -0.25) is 19.7 Å². The van der Waals surface area contributed by atoms with E-state index < -0.39 is 16.7 Å². The first-order chi connectivity index (χ1) is 10.1. The number of nitrogens with one attached hydrogen (secondary N) is 1. The van der Waals surface area contributed by atoms with Gasteiger partial charge in [-0.15, -0.1) is 6.58 Å². The summed E-state index contributed by atoms with van der Waals surface area (Å²) in [5.41, 5.74) is 0.223. The summed E-state index contributed by atoms with van der Waals surface area (Å²) in [7, 11) is 0. The third kappa shape index (κ3) is 4.55. The maximum Gasteiger partial charge on any atom is 0.249 e. The molecular weight excluding hydrogens is 282 g/mol. The fraction of sp³-hybridized carbons (Fsp3) is 0.750. The van der Waals surface area contributed by atoms with Crippen molar-refractivity contribution in [3.63, 3.8) is 0 Å². The van der Waals surface area contributed by atoms with Gasteiger partial charge < -0.3 is 4.90 Å². The van der Waals surface area contributed by atoms with Gasteiger partial charge in [-0.2, -0.15) is 0 Å². The lowest BCUT2D eigenvalue weighted by Gasteiger charge is -2.40. The summed E-state index contributed by atoms with van der Waals surface area (Å²) in [4.78, 5) is 28.6. The van der Waals surface area contributed by atoms with Gasteiger partial charge in [0, 0.05) is 43.6 Å². The van der Waals surface area contributed by atoms with Crippen molar-refractivity contribution in [2.75, 3.05) is 32.7 Å². The number of hydroxylamine groups is 1. The van der Waals surface area contributed by atoms with Crippen LogP contribution in [-0.2, 0) is 9.59 Å². The van der Waals surface area contributed by atoms with E-state index in [0.717, 1.165) is 19.6 Å². The monoisotopic (exact) mass is 311 g/mol. The summed E-state index contributed by atoms with van der Waals surface area (Å²) >= 11 is 0. The highest BCUT2D eigenvalue weighted by atomic mass is 16.5. The summed E-state index contributed by atoms with van der Waals surface area (Å²) in [5, 5.41) is 8.83. The molecule has 1 aliphatic rings. The zero-order valence-corrected chi connectivity index (χ0v) is 14.2. The van der Waals surface area contributed by atoms with E-state index in [2.05, 4.69) is 11.5 Å². The van der Waals surface area contributed by atoms with E-state index in [4.69, 9.17) is 5.21 Å². The molecule has 0 spiro atoms. The van der Waals surface area contributed by atoms with Gasteiger partial charge in [-0.25, -0.2) is 5.48 Å². The normalized spacial score (nSPS) is 17.2. The number of carbonyl (C=O) groups excluding carboxylic acids is 2. The molecule has 0 radical (unpaired) electrons. The highest BCUT2D eigenvalue weighted by Gasteiger charge is 2.41. The molecule has 22 heavy (non-hydrogen) atoms. The Hall–Kier alpha value is -1.40. The van der Waals surface area contributed by atoms with Gasteiger partial charge in [0.25, 0.3) is 0 Å². The van der Waals surface area contributed by atoms with E-state index in [0.29, 0.717) is 19.5 Å². The molecule has 0 aromatic heterocycles. The fourth-order valence-electron chi connectivity index (χ4n) is 3.16. The van der Waals surface area contributed by atoms with E-state index in [1.54, 1.807) is 19.3 Å². The van der Waals surface area contributed by atoms with Crippen molar-refractivity contribution in [1.29, 1.82) is 0 Å². The van der Waals surface area contributed by atoms with Crippen molar-refractivity contribution in [3.8, 4) is 0 Å². The predicted octanol–water partition coefficient (Wildman–Crippen LogP) is 1.26. The lowest BCUT2D eigenvalue weighted by molar-refractivity contribution is -0.147. The van der Waals surface area contributed by atoms with Crippen LogP contribution < -0.4 is 5.48 Å². The molecule has 1 aliphatic heterocycles. The summed E-state index contributed by atoms with van der Waals surface area (Å²) in [6, 6.07) is 0. The van der Waals surface area contributed by atoms with Crippen LogP contribution in [0.1, 0.15) is 34.1 Å². The average molecular weight is 311 g/mol. The van der Waals surface area contributed by atoms with Crippen molar-refractivity contribution in [2.24, 2.45) is 10.8 Å². The summed E-state index contributed by atoms with van der Waals surface area (Å²) in [6.45, 7) is 14.8. The molecule has 0 bridgehead atoms. The Morgan fingerprint density at radius 3 is 2.14 bits per heavy atom. The van der Waals surface area contributed by atoms with Crippen molar-refractivity contribution >= 4 is 11.8 Å². The molecule has 1 heterocycles. The zero-order chi connectivity index (χ0) is 17.0. The van der Waals surface area contributed by atoms with Crippen LogP contribution >= 0.6 is 0 Å². The van der Waals surface area contributed by atoms with Crippen LogP contribution in [-0.4, -0.2) is 59.5 Å². The topological polar surface area (TPSA) is 72.9 Å². The molecule has 0 aromatic rings. The predicted molar refractivity (Wildman–Crippen MR) is 85.3 cm³/mol. The van der Waals surface area contributed by atoms with Crippen LogP contribution in [0.15, 0.2) is 12.7 Å². The molecule has 0 aromatic carbocycles. The minimum atomic E-state index is -0.807. The quantitative estimate of drug-likeness (QED) is 0.440. The first kappa shape index (κ1) is 18.6. The van der Waals surface area contributed by atoms with Gasteiger partial charge in [0.1, 0.15) is 0 Å². The minimum Gasteiger partial charge on any atom is -0.340 e. The Kier molecular flexibility index (Phi) is 6.14. The number of piperazine rings is 1. The van der Waals surface area contributed by atoms with E-state index in [1.807, 2.05) is 24.8 Å². The molecule has 0 atom stereocenters. The van der Waals surface area contributed by atoms with Crippen molar-refractivity contribution < 1.29 is 14.8 Å². The smallest absolute Gasteiger partial charge is 0.249 e. The molecule has 0 unspecified atom stereocenters. The minimum absolute atomic E-state index is 0.0598. The fourth-order valence-corrected chi connectivity index (χ4v) is 3.16. The largest absolute Gasteiger partial charge is 0.340 e. The molecule has 0 aliphatic carbocycles. The number of hydrogen-bond donors (Lipinski definition) is 2. The van der Waals surface area contributed by atoms with Gasteiger partial charge >= 0.3 is 0 Å². The number of amides is 2. The molecule has 2 N–H and O–H groups in total. The van der Waals surface area contributed by atoms with Crippen LogP contribution in [0.4, 0.5) is 0 Å². The summed E-state index contributed by atoms with van der Waals surface area (Å²) < 4.78 is 0. The molecule has 6 heteroatoms. The first-order valence-electron chi connectivity index (χ1n) is 7.71. The van der Waals surface area contributed by atoms with Gasteiger partial charge in [0.2, 0.25) is 11.8 Å². The lowest BCUT2D eigenvalue weighted by atomic mass is 9.73. The second kappa shape index (κ2) is 7.24. The lowest BCUT2D eigenvalue weighted by Crippen LogP contribution is -2.53. The maximum atomic E-state index is 12.8. The number of rotatable bonds is 6. The summed E-state index contributed by atoms with van der Waals surface area (Å²) in [6.07, 6.45) is 2.25. The number of carbonyl (C=O) groups is 2. The molecule has 1 fully saturated rings. The van der Waals surface area contributed by atoms with Crippen molar-refractivity contribution in [2.45, 2.75) is 34.1 Å². The maximum absolute atomic E-state index is 12.8. The van der Waals surface area contributed by atoms with Crippen LogP contribution in [0, 0.1) is 10.8 Å². The molecule has 126 valence electrons. The molecule has 1 rings (SSSR count). The van der Waals surface area contributed by atoms with Crippen LogP contribution in [0.2, 0.25) is 0 Å². The van der Waals surface area contributed by atoms with E-state index in [1.165, 1.54) is 0 Å². The van der Waals surface area contributed by atoms with Crippen LogP contribution in [0.25, 0.3) is 0 Å². The third-order valence-corrected chi connectivity index (χ3v) is 4.23. The highest BCUT2D eigenvalue weighted by molar-refractivity contribution is 5.85. The second-order valence-electron chi connectivity index (χ2n) is 7.27. The Labute approximate surface area is 133 Å². The third-order valence-electron chi connectivity index (χ3n) is 4.23. The van der Waals surface area contributed by atoms with Crippen LogP contribution in [0.5, 0.6) is 0 Å². The SMILES string of the molecule is C=CCN1CCN(C(=O)C(C)(C)CC(C)(C)C(=O)NO)CC1. The second-order valence-corrected chi connectivity index (χ2v) is 7.27. The summed E-state index contributed by atoms with van der Waals surface area (Å²) in [5.74, 6) is -0.409. The Morgan fingerprint density at radius 1 is 1.14 bits per heavy atom. The Morgan fingerprint density at radius 2 is 1.68 bits per heavy atom. The van der Waals surface area contributed by atoms with Crippen molar-refractivity contribution in [3.05, 3.63) is 12.7 Å². The molecule has 0 saturated carbocycles. The highest BCUT2D eigenvalue weighted by Crippen LogP contribution is 2.35. The molecular formula is C16H29N3O3. The Balaban J connectivity index is 2.67. The van der Waals surface area contributed by atoms with E-state index in [-0.39, 0.29) is 5.91 Å². The molecule has 1 saturated heterocycles. The van der Waals surface area contributed by atoms with Gasteiger partial charge in [0.15, 0.2) is 0 Å². The molecule has 2 amide bonds. The average Bonchev–Trinajstić information content (AvgIpc) is 2.45.